The van der Waals surface area contributed by atoms with E-state index in [9.17, 15) is 0 Å². The number of ether oxygens (including phenoxy) is 1. The average Bonchev–Trinajstić information content (AvgIpc) is 2.39. The van der Waals surface area contributed by atoms with E-state index in [2.05, 4.69) is 48.8 Å². The van der Waals surface area contributed by atoms with E-state index in [1.165, 1.54) is 22.3 Å². The highest BCUT2D eigenvalue weighted by atomic mass is 79.9. The van der Waals surface area contributed by atoms with Crippen molar-refractivity contribution in [2.24, 2.45) is 0 Å². The third-order valence-corrected chi connectivity index (χ3v) is 4.29. The van der Waals surface area contributed by atoms with Crippen LogP contribution in [0.4, 0.5) is 0 Å². The molecule has 0 saturated heterocycles. The fourth-order valence-corrected chi connectivity index (χ4v) is 3.04. The molecule has 0 amide bonds. The van der Waals surface area contributed by atoms with Crippen molar-refractivity contribution in [3.8, 4) is 5.75 Å². The Labute approximate surface area is 134 Å². The van der Waals surface area contributed by atoms with Crippen LogP contribution in [0.15, 0.2) is 34.8 Å². The van der Waals surface area contributed by atoms with Crippen LogP contribution < -0.4 is 4.74 Å². The Morgan fingerprint density at radius 2 is 1.70 bits per heavy atom. The molecule has 106 valence electrons. The molecule has 0 N–H and O–H groups in total. The van der Waals surface area contributed by atoms with Crippen LogP contribution in [0.1, 0.15) is 27.8 Å². The Bertz CT molecular complexity index is 599. The van der Waals surface area contributed by atoms with Gasteiger partial charge in [-0.15, -0.1) is 11.6 Å². The summed E-state index contributed by atoms with van der Waals surface area (Å²) < 4.78 is 6.88. The van der Waals surface area contributed by atoms with Gasteiger partial charge in [0.25, 0.3) is 0 Å². The molecule has 20 heavy (non-hydrogen) atoms. The average molecular weight is 354 g/mol. The fourth-order valence-electron chi connectivity index (χ4n) is 2.33. The maximum Gasteiger partial charge on any atom is 0.134 e. The molecule has 1 nitrogen and oxygen atoms in total. The smallest absolute Gasteiger partial charge is 0.134 e. The maximum atomic E-state index is 5.93. The Morgan fingerprint density at radius 3 is 2.25 bits per heavy atom. The first-order chi connectivity index (χ1) is 9.51. The molecule has 0 spiro atoms. The molecule has 0 fully saturated rings. The lowest BCUT2D eigenvalue weighted by Gasteiger charge is -2.14. The van der Waals surface area contributed by atoms with Gasteiger partial charge in [-0.25, -0.2) is 0 Å². The molecule has 0 bridgehead atoms. The van der Waals surface area contributed by atoms with Gasteiger partial charge in [0.1, 0.15) is 12.4 Å². The third-order valence-electron chi connectivity index (χ3n) is 3.36. The van der Waals surface area contributed by atoms with E-state index in [1.807, 2.05) is 18.2 Å². The highest BCUT2D eigenvalue weighted by molar-refractivity contribution is 9.10. The standard InChI is InChI=1S/C17H18BrClO/c1-11-6-12(2)15(13(3)7-11)10-20-17-5-4-14(9-19)8-16(17)18/h4-8H,9-10H2,1-3H3. The maximum absolute atomic E-state index is 5.93. The summed E-state index contributed by atoms with van der Waals surface area (Å²) in [6.45, 7) is 6.96. The molecule has 2 aromatic rings. The minimum atomic E-state index is 0.509. The van der Waals surface area contributed by atoms with Crippen molar-refractivity contribution in [2.75, 3.05) is 0 Å². The van der Waals surface area contributed by atoms with Crippen LogP contribution in [-0.2, 0) is 12.5 Å². The van der Waals surface area contributed by atoms with E-state index in [-0.39, 0.29) is 0 Å². The summed E-state index contributed by atoms with van der Waals surface area (Å²) in [5.74, 6) is 1.35. The van der Waals surface area contributed by atoms with E-state index in [1.54, 1.807) is 0 Å². The molecule has 3 heteroatoms. The molecule has 0 unspecified atom stereocenters. The minimum absolute atomic E-state index is 0.509. The number of benzene rings is 2. The number of aryl methyl sites for hydroxylation is 3. The third kappa shape index (κ3) is 3.56. The van der Waals surface area contributed by atoms with Crippen molar-refractivity contribution >= 4 is 27.5 Å². The Hall–Kier alpha value is -0.990. The van der Waals surface area contributed by atoms with Crippen molar-refractivity contribution < 1.29 is 4.74 Å². The summed E-state index contributed by atoms with van der Waals surface area (Å²) in [6, 6.07) is 10.3. The number of hydrogen-bond donors (Lipinski definition) is 0. The topological polar surface area (TPSA) is 9.23 Å². The van der Waals surface area contributed by atoms with Gasteiger partial charge in [-0.3, -0.25) is 0 Å². The zero-order valence-electron chi connectivity index (χ0n) is 12.0. The normalized spacial score (nSPS) is 10.7. The second-order valence-electron chi connectivity index (χ2n) is 5.06. The first-order valence-corrected chi connectivity index (χ1v) is 7.88. The van der Waals surface area contributed by atoms with Crippen molar-refractivity contribution in [3.05, 3.63) is 62.6 Å². The number of halogens is 2. The summed E-state index contributed by atoms with van der Waals surface area (Å²) in [7, 11) is 0. The van der Waals surface area contributed by atoms with Gasteiger partial charge in [0, 0.05) is 5.88 Å². The van der Waals surface area contributed by atoms with Crippen LogP contribution in [0, 0.1) is 20.8 Å². The fraction of sp³-hybridized carbons (Fsp3) is 0.294. The number of rotatable bonds is 4. The van der Waals surface area contributed by atoms with Crippen LogP contribution in [0.25, 0.3) is 0 Å². The molecular weight excluding hydrogens is 336 g/mol. The summed E-state index contributed by atoms with van der Waals surface area (Å²) in [4.78, 5) is 0. The summed E-state index contributed by atoms with van der Waals surface area (Å²) in [5.41, 5.74) is 6.17. The molecule has 0 aliphatic rings. The molecule has 2 aromatic carbocycles. The van der Waals surface area contributed by atoms with Crippen LogP contribution >= 0.6 is 27.5 Å². The lowest BCUT2D eigenvalue weighted by atomic mass is 10.0. The molecule has 0 radical (unpaired) electrons. The van der Waals surface area contributed by atoms with E-state index < -0.39 is 0 Å². The predicted octanol–water partition coefficient (Wildman–Crippen LogP) is 5.69. The molecule has 0 aromatic heterocycles. The minimum Gasteiger partial charge on any atom is -0.488 e. The van der Waals surface area contributed by atoms with E-state index in [0.29, 0.717) is 12.5 Å². The second-order valence-corrected chi connectivity index (χ2v) is 6.19. The van der Waals surface area contributed by atoms with Crippen molar-refractivity contribution in [3.63, 3.8) is 0 Å². The monoisotopic (exact) mass is 352 g/mol. The second kappa shape index (κ2) is 6.64. The summed E-state index contributed by atoms with van der Waals surface area (Å²) >= 11 is 9.35. The van der Waals surface area contributed by atoms with Gasteiger partial charge in [0.2, 0.25) is 0 Å². The zero-order chi connectivity index (χ0) is 14.7. The van der Waals surface area contributed by atoms with E-state index >= 15 is 0 Å². The Balaban J connectivity index is 2.17. The first kappa shape index (κ1) is 15.4. The largest absolute Gasteiger partial charge is 0.488 e. The Morgan fingerprint density at radius 1 is 1.05 bits per heavy atom. The van der Waals surface area contributed by atoms with Crippen molar-refractivity contribution in [1.82, 2.24) is 0 Å². The van der Waals surface area contributed by atoms with Crippen LogP contribution in [0.5, 0.6) is 5.75 Å². The van der Waals surface area contributed by atoms with Gasteiger partial charge >= 0.3 is 0 Å². The van der Waals surface area contributed by atoms with Gasteiger partial charge in [-0.2, -0.15) is 0 Å². The van der Waals surface area contributed by atoms with Crippen LogP contribution in [0.2, 0.25) is 0 Å². The lowest BCUT2D eigenvalue weighted by Crippen LogP contribution is -2.02. The van der Waals surface area contributed by atoms with Crippen LogP contribution in [0.3, 0.4) is 0 Å². The van der Waals surface area contributed by atoms with E-state index in [4.69, 9.17) is 16.3 Å². The summed E-state index contributed by atoms with van der Waals surface area (Å²) in [5, 5.41) is 0. The molecule has 2 rings (SSSR count). The van der Waals surface area contributed by atoms with Gasteiger partial charge in [0.15, 0.2) is 0 Å². The quantitative estimate of drug-likeness (QED) is 0.641. The van der Waals surface area contributed by atoms with Gasteiger partial charge < -0.3 is 4.74 Å². The molecule has 0 atom stereocenters. The highest BCUT2D eigenvalue weighted by Crippen LogP contribution is 2.28. The van der Waals surface area contributed by atoms with Crippen molar-refractivity contribution in [2.45, 2.75) is 33.3 Å². The molecule has 0 aliphatic heterocycles. The SMILES string of the molecule is Cc1cc(C)c(COc2ccc(CCl)cc2Br)c(C)c1. The molecule has 0 heterocycles. The van der Waals surface area contributed by atoms with Gasteiger partial charge in [-0.05, 0) is 71.1 Å². The predicted molar refractivity (Wildman–Crippen MR) is 88.7 cm³/mol. The molecule has 0 saturated carbocycles. The molecule has 0 aliphatic carbocycles. The highest BCUT2D eigenvalue weighted by Gasteiger charge is 2.07. The van der Waals surface area contributed by atoms with Crippen LogP contribution in [-0.4, -0.2) is 0 Å². The summed E-state index contributed by atoms with van der Waals surface area (Å²) in [6.07, 6.45) is 0. The van der Waals surface area contributed by atoms with Gasteiger partial charge in [-0.1, -0.05) is 23.8 Å². The number of hydrogen-bond acceptors (Lipinski definition) is 1. The lowest BCUT2D eigenvalue weighted by molar-refractivity contribution is 0.302. The Kier molecular flexibility index (Phi) is 5.11. The first-order valence-electron chi connectivity index (χ1n) is 6.55. The van der Waals surface area contributed by atoms with E-state index in [0.717, 1.165) is 15.8 Å². The molecular formula is C17H18BrClO. The number of alkyl halides is 1. The zero-order valence-corrected chi connectivity index (χ0v) is 14.3. The van der Waals surface area contributed by atoms with Gasteiger partial charge in [0.05, 0.1) is 4.47 Å². The van der Waals surface area contributed by atoms with Crippen molar-refractivity contribution in [1.29, 1.82) is 0 Å².